The molecule has 1 aliphatic rings. The van der Waals surface area contributed by atoms with Crippen molar-refractivity contribution in [3.8, 4) is 0 Å². The molecule has 1 fully saturated rings. The Balaban J connectivity index is 1.26. The van der Waals surface area contributed by atoms with Crippen LogP contribution < -0.4 is 0 Å². The van der Waals surface area contributed by atoms with Crippen LogP contribution >= 0.6 is 11.6 Å². The highest BCUT2D eigenvalue weighted by Gasteiger charge is 2.20. The summed E-state index contributed by atoms with van der Waals surface area (Å²) in [6, 6.07) is 21.0. The molecule has 0 aliphatic carbocycles. The molecule has 1 aliphatic heterocycles. The minimum absolute atomic E-state index is 0.0871. The van der Waals surface area contributed by atoms with E-state index < -0.39 is 0 Å². The molecule has 0 bridgehead atoms. The molecule has 0 saturated carbocycles. The van der Waals surface area contributed by atoms with Crippen LogP contribution in [0.1, 0.15) is 11.4 Å². The first kappa shape index (κ1) is 20.5. The summed E-state index contributed by atoms with van der Waals surface area (Å²) in [4.78, 5) is 9.82. The number of hydrogen-bond acceptors (Lipinski definition) is 4. The second-order valence-corrected chi connectivity index (χ2v) is 8.66. The summed E-state index contributed by atoms with van der Waals surface area (Å²) in [5.74, 6) is 0.994. The van der Waals surface area contributed by atoms with Crippen LogP contribution in [0.25, 0.3) is 21.8 Å². The van der Waals surface area contributed by atoms with E-state index in [0.29, 0.717) is 11.6 Å². The lowest BCUT2D eigenvalue weighted by Gasteiger charge is -2.34. The van der Waals surface area contributed by atoms with Crippen LogP contribution in [-0.4, -0.2) is 57.2 Å². The van der Waals surface area contributed by atoms with Crippen molar-refractivity contribution in [2.75, 3.05) is 32.8 Å². The van der Waals surface area contributed by atoms with Gasteiger partial charge in [-0.2, -0.15) is 0 Å². The Labute approximate surface area is 187 Å². The molecule has 160 valence electrons. The number of hydrogen-bond donors (Lipinski definition) is 1. The van der Waals surface area contributed by atoms with Gasteiger partial charge in [-0.05, 0) is 34.5 Å². The molecule has 5 nitrogen and oxygen atoms in total. The number of imidazole rings is 1. The van der Waals surface area contributed by atoms with Crippen molar-refractivity contribution in [3.05, 3.63) is 77.1 Å². The quantitative estimate of drug-likeness (QED) is 0.495. The molecule has 6 heteroatoms. The van der Waals surface area contributed by atoms with Crippen LogP contribution in [0.3, 0.4) is 0 Å². The normalized spacial score (nSPS) is 15.8. The topological polar surface area (TPSA) is 44.5 Å². The van der Waals surface area contributed by atoms with Gasteiger partial charge in [0.05, 0.1) is 24.2 Å². The van der Waals surface area contributed by atoms with Crippen molar-refractivity contribution in [1.29, 1.82) is 0 Å². The van der Waals surface area contributed by atoms with E-state index in [2.05, 4.69) is 56.8 Å². The number of nitrogens with zero attached hydrogens (tertiary/aromatic N) is 4. The molecule has 1 saturated heterocycles. The zero-order valence-corrected chi connectivity index (χ0v) is 18.3. The zero-order chi connectivity index (χ0) is 21.2. The Kier molecular flexibility index (Phi) is 5.92. The SMILES string of the molecule is OCCn1c(CN2CCN(Cc3cccc4ccccc34)CC2)nc2ccc(Cl)cc21. The lowest BCUT2D eigenvalue weighted by Crippen LogP contribution is -2.45. The first-order valence-corrected chi connectivity index (χ1v) is 11.3. The van der Waals surface area contributed by atoms with E-state index in [-0.39, 0.29) is 6.61 Å². The number of aromatic nitrogens is 2. The fourth-order valence-electron chi connectivity index (χ4n) is 4.59. The van der Waals surface area contributed by atoms with Crippen LogP contribution in [0.4, 0.5) is 0 Å². The van der Waals surface area contributed by atoms with Gasteiger partial charge in [0, 0.05) is 44.3 Å². The zero-order valence-electron chi connectivity index (χ0n) is 17.5. The van der Waals surface area contributed by atoms with Gasteiger partial charge in [-0.3, -0.25) is 9.80 Å². The van der Waals surface area contributed by atoms with Crippen molar-refractivity contribution >= 4 is 33.4 Å². The first-order chi connectivity index (χ1) is 15.2. The number of benzene rings is 3. The number of rotatable bonds is 6. The minimum Gasteiger partial charge on any atom is -0.395 e. The van der Waals surface area contributed by atoms with Gasteiger partial charge in [-0.1, -0.05) is 54.1 Å². The van der Waals surface area contributed by atoms with Crippen LogP contribution in [0.15, 0.2) is 60.7 Å². The third-order valence-electron chi connectivity index (χ3n) is 6.22. The third-order valence-corrected chi connectivity index (χ3v) is 6.45. The standard InChI is InChI=1S/C25H27ClN4O/c26-21-8-9-23-24(16-21)30(14-15-31)25(27-23)18-29-12-10-28(11-13-29)17-20-6-3-5-19-4-1-2-7-22(19)20/h1-9,16,31H,10-15,17-18H2. The van der Waals surface area contributed by atoms with Crippen molar-refractivity contribution in [1.82, 2.24) is 19.4 Å². The van der Waals surface area contributed by atoms with Gasteiger partial charge < -0.3 is 9.67 Å². The Hall–Kier alpha value is -2.44. The summed E-state index contributed by atoms with van der Waals surface area (Å²) >= 11 is 6.19. The van der Waals surface area contributed by atoms with Gasteiger partial charge in [0.15, 0.2) is 0 Å². The minimum atomic E-state index is 0.0871. The van der Waals surface area contributed by atoms with Gasteiger partial charge in [-0.25, -0.2) is 4.98 Å². The Morgan fingerprint density at radius 1 is 0.871 bits per heavy atom. The maximum absolute atomic E-state index is 9.55. The molecule has 0 atom stereocenters. The van der Waals surface area contributed by atoms with Crippen LogP contribution in [0.2, 0.25) is 5.02 Å². The molecular weight excluding hydrogens is 408 g/mol. The lowest BCUT2D eigenvalue weighted by atomic mass is 10.0. The summed E-state index contributed by atoms with van der Waals surface area (Å²) in [5.41, 5.74) is 3.32. The molecule has 3 aromatic carbocycles. The van der Waals surface area contributed by atoms with Crippen LogP contribution in [-0.2, 0) is 19.6 Å². The Morgan fingerprint density at radius 2 is 1.61 bits per heavy atom. The second kappa shape index (κ2) is 8.97. The maximum Gasteiger partial charge on any atom is 0.124 e. The molecule has 0 spiro atoms. The largest absolute Gasteiger partial charge is 0.395 e. The summed E-state index contributed by atoms with van der Waals surface area (Å²) in [7, 11) is 0. The third kappa shape index (κ3) is 4.32. The van der Waals surface area contributed by atoms with Gasteiger partial charge in [0.1, 0.15) is 5.82 Å². The maximum atomic E-state index is 9.55. The summed E-state index contributed by atoms with van der Waals surface area (Å²) in [6.45, 7) is 6.48. The average molecular weight is 435 g/mol. The summed E-state index contributed by atoms with van der Waals surface area (Å²) in [5, 5.41) is 12.9. The Morgan fingerprint density at radius 3 is 2.42 bits per heavy atom. The second-order valence-electron chi connectivity index (χ2n) is 8.23. The van der Waals surface area contributed by atoms with Gasteiger partial charge in [0.25, 0.3) is 0 Å². The van der Waals surface area contributed by atoms with Crippen LogP contribution in [0, 0.1) is 0 Å². The molecule has 1 N–H and O–H groups in total. The number of aliphatic hydroxyl groups excluding tert-OH is 1. The van der Waals surface area contributed by atoms with E-state index >= 15 is 0 Å². The molecule has 31 heavy (non-hydrogen) atoms. The Bertz CT molecular complexity index is 1190. The summed E-state index contributed by atoms with van der Waals surface area (Å²) < 4.78 is 2.10. The number of aliphatic hydroxyl groups is 1. The van der Waals surface area contributed by atoms with Crippen molar-refractivity contribution in [2.45, 2.75) is 19.6 Å². The van der Waals surface area contributed by atoms with Gasteiger partial charge in [-0.15, -0.1) is 0 Å². The van der Waals surface area contributed by atoms with Crippen molar-refractivity contribution in [3.63, 3.8) is 0 Å². The highest BCUT2D eigenvalue weighted by atomic mass is 35.5. The molecule has 0 unspecified atom stereocenters. The van der Waals surface area contributed by atoms with Crippen LogP contribution in [0.5, 0.6) is 0 Å². The van der Waals surface area contributed by atoms with Gasteiger partial charge >= 0.3 is 0 Å². The number of fused-ring (bicyclic) bond motifs is 2. The average Bonchev–Trinajstić information content (AvgIpc) is 3.12. The highest BCUT2D eigenvalue weighted by Crippen LogP contribution is 2.23. The van der Waals surface area contributed by atoms with Crippen molar-refractivity contribution < 1.29 is 5.11 Å². The predicted molar refractivity (Wildman–Crippen MR) is 126 cm³/mol. The monoisotopic (exact) mass is 434 g/mol. The molecule has 2 heterocycles. The molecule has 4 aromatic rings. The lowest BCUT2D eigenvalue weighted by molar-refractivity contribution is 0.119. The number of piperazine rings is 1. The fraction of sp³-hybridized carbons (Fsp3) is 0.320. The van der Waals surface area contributed by atoms with E-state index in [1.807, 2.05) is 18.2 Å². The first-order valence-electron chi connectivity index (χ1n) is 10.9. The molecular formula is C25H27ClN4O. The smallest absolute Gasteiger partial charge is 0.124 e. The molecule has 1 aromatic heterocycles. The molecule has 0 radical (unpaired) electrons. The highest BCUT2D eigenvalue weighted by molar-refractivity contribution is 6.31. The number of halogens is 1. The van der Waals surface area contributed by atoms with Crippen molar-refractivity contribution in [2.24, 2.45) is 0 Å². The summed E-state index contributed by atoms with van der Waals surface area (Å²) in [6.07, 6.45) is 0. The van der Waals surface area contributed by atoms with E-state index in [9.17, 15) is 5.11 Å². The molecule has 5 rings (SSSR count). The van der Waals surface area contributed by atoms with E-state index in [4.69, 9.17) is 16.6 Å². The van der Waals surface area contributed by atoms with E-state index in [1.165, 1.54) is 16.3 Å². The molecule has 0 amide bonds. The fourth-order valence-corrected chi connectivity index (χ4v) is 4.76. The predicted octanol–water partition coefficient (Wildman–Crippen LogP) is 4.15. The van der Waals surface area contributed by atoms with E-state index in [0.717, 1.165) is 56.1 Å². The van der Waals surface area contributed by atoms with E-state index in [1.54, 1.807) is 0 Å². The van der Waals surface area contributed by atoms with Gasteiger partial charge in [0.2, 0.25) is 0 Å².